The smallest absolute Gasteiger partial charge is 0.255 e. The van der Waals surface area contributed by atoms with Crippen molar-refractivity contribution in [2.24, 2.45) is 5.10 Å². The van der Waals surface area contributed by atoms with Crippen LogP contribution in [0.3, 0.4) is 0 Å². The highest BCUT2D eigenvalue weighted by atomic mass is 32.2. The van der Waals surface area contributed by atoms with Gasteiger partial charge in [-0.1, -0.05) is 48.5 Å². The van der Waals surface area contributed by atoms with Crippen LogP contribution in [0, 0.1) is 0 Å². The average Bonchev–Trinajstić information content (AvgIpc) is 2.71. The number of nitrogens with one attached hydrogen (secondary N) is 2. The largest absolute Gasteiger partial charge is 0.507 e. The summed E-state index contributed by atoms with van der Waals surface area (Å²) in [6, 6.07) is 18.7. The van der Waals surface area contributed by atoms with Crippen molar-refractivity contribution in [2.45, 2.75) is 11.8 Å². The van der Waals surface area contributed by atoms with Crippen LogP contribution >= 0.6 is 0 Å². The van der Waals surface area contributed by atoms with Crippen molar-refractivity contribution in [1.82, 2.24) is 10.1 Å². The molecular weight excluding hydrogens is 378 g/mol. The minimum absolute atomic E-state index is 0.0679. The molecule has 0 spiro atoms. The number of benzene rings is 3. The van der Waals surface area contributed by atoms with Gasteiger partial charge >= 0.3 is 0 Å². The van der Waals surface area contributed by atoms with E-state index < -0.39 is 22.5 Å². The Morgan fingerprint density at radius 2 is 1.68 bits per heavy atom. The number of phenols is 1. The van der Waals surface area contributed by atoms with Gasteiger partial charge in [-0.3, -0.25) is 4.79 Å². The lowest BCUT2D eigenvalue weighted by atomic mass is 10.0. The summed E-state index contributed by atoms with van der Waals surface area (Å²) in [4.78, 5) is 12.0. The van der Waals surface area contributed by atoms with Crippen LogP contribution < -0.4 is 10.1 Å². The molecule has 0 aliphatic rings. The number of phenolic OH excluding ortho intramolecular Hbond substituents is 1. The molecule has 144 valence electrons. The van der Waals surface area contributed by atoms with E-state index in [1.165, 1.54) is 12.1 Å². The number of hydrazone groups is 1. The number of sulfonamides is 1. The van der Waals surface area contributed by atoms with Crippen molar-refractivity contribution in [3.63, 3.8) is 0 Å². The Morgan fingerprint density at radius 1 is 1.00 bits per heavy atom. The predicted octanol–water partition coefficient (Wildman–Crippen LogP) is 2.36. The van der Waals surface area contributed by atoms with E-state index in [-0.39, 0.29) is 10.6 Å². The molecular formula is C20H19N3O4S. The van der Waals surface area contributed by atoms with E-state index >= 15 is 0 Å². The Bertz CT molecular complexity index is 1140. The molecule has 0 aliphatic heterocycles. The van der Waals surface area contributed by atoms with Crippen LogP contribution in [0.25, 0.3) is 10.8 Å². The van der Waals surface area contributed by atoms with Crippen LogP contribution in [0.4, 0.5) is 0 Å². The maximum absolute atomic E-state index is 12.1. The van der Waals surface area contributed by atoms with Crippen LogP contribution in [-0.2, 0) is 14.8 Å². The van der Waals surface area contributed by atoms with Crippen LogP contribution in [0.5, 0.6) is 5.75 Å². The van der Waals surface area contributed by atoms with Gasteiger partial charge in [0.2, 0.25) is 10.0 Å². The molecule has 0 saturated carbocycles. The third-order valence-corrected chi connectivity index (χ3v) is 5.53. The number of hydrogen-bond acceptors (Lipinski definition) is 5. The van der Waals surface area contributed by atoms with Crippen LogP contribution in [0.15, 0.2) is 76.7 Å². The minimum atomic E-state index is -3.78. The first-order valence-electron chi connectivity index (χ1n) is 8.47. The number of hydrogen-bond donors (Lipinski definition) is 3. The fourth-order valence-electron chi connectivity index (χ4n) is 2.64. The predicted molar refractivity (Wildman–Crippen MR) is 108 cm³/mol. The summed E-state index contributed by atoms with van der Waals surface area (Å²) in [7, 11) is -3.78. The Balaban J connectivity index is 1.66. The monoisotopic (exact) mass is 397 g/mol. The molecule has 0 unspecified atom stereocenters. The molecule has 1 amide bonds. The summed E-state index contributed by atoms with van der Waals surface area (Å²) in [6.07, 6.45) is 0. The van der Waals surface area contributed by atoms with Gasteiger partial charge in [-0.2, -0.15) is 5.10 Å². The average molecular weight is 397 g/mol. The highest BCUT2D eigenvalue weighted by Crippen LogP contribution is 2.28. The first-order chi connectivity index (χ1) is 13.4. The lowest BCUT2D eigenvalue weighted by Crippen LogP contribution is -2.35. The quantitative estimate of drug-likeness (QED) is 0.438. The maximum atomic E-state index is 12.1. The second-order valence-corrected chi connectivity index (χ2v) is 7.82. The third-order valence-electron chi connectivity index (χ3n) is 4.11. The molecule has 0 saturated heterocycles. The molecule has 0 aromatic heterocycles. The van der Waals surface area contributed by atoms with E-state index in [4.69, 9.17) is 0 Å². The van der Waals surface area contributed by atoms with E-state index in [1.807, 2.05) is 24.3 Å². The normalized spacial score (nSPS) is 12.1. The van der Waals surface area contributed by atoms with Gasteiger partial charge in [0.25, 0.3) is 5.91 Å². The first-order valence-corrected chi connectivity index (χ1v) is 9.96. The lowest BCUT2D eigenvalue weighted by Gasteiger charge is -2.09. The summed E-state index contributed by atoms with van der Waals surface area (Å²) in [5.74, 6) is -0.558. The molecule has 3 N–H and O–H groups in total. The second-order valence-electron chi connectivity index (χ2n) is 6.05. The molecule has 7 nitrogen and oxygen atoms in total. The number of nitrogens with zero attached hydrogens (tertiary/aromatic N) is 1. The Morgan fingerprint density at radius 3 is 2.43 bits per heavy atom. The Labute approximate surface area is 162 Å². The molecule has 3 aromatic carbocycles. The van der Waals surface area contributed by atoms with E-state index in [0.29, 0.717) is 16.7 Å². The first kappa shape index (κ1) is 19.5. The number of amides is 1. The molecule has 0 aliphatic carbocycles. The van der Waals surface area contributed by atoms with Gasteiger partial charge in [-0.05, 0) is 30.5 Å². The molecule has 0 radical (unpaired) electrons. The summed E-state index contributed by atoms with van der Waals surface area (Å²) in [5, 5.41) is 16.0. The van der Waals surface area contributed by atoms with E-state index in [0.717, 1.165) is 5.39 Å². The molecule has 3 aromatic rings. The summed E-state index contributed by atoms with van der Waals surface area (Å²) in [6.45, 7) is 1.18. The molecule has 0 heterocycles. The number of carbonyl (C=O) groups excluding carboxylic acids is 1. The van der Waals surface area contributed by atoms with Gasteiger partial charge in [-0.25, -0.2) is 18.6 Å². The zero-order valence-corrected chi connectivity index (χ0v) is 15.9. The third kappa shape index (κ3) is 4.36. The van der Waals surface area contributed by atoms with Crippen molar-refractivity contribution in [2.75, 3.05) is 6.54 Å². The number of carbonyl (C=O) groups is 1. The molecule has 28 heavy (non-hydrogen) atoms. The molecule has 3 rings (SSSR count). The highest BCUT2D eigenvalue weighted by Gasteiger charge is 2.15. The topological polar surface area (TPSA) is 108 Å². The fourth-order valence-corrected chi connectivity index (χ4v) is 3.64. The van der Waals surface area contributed by atoms with Crippen molar-refractivity contribution in [3.05, 3.63) is 72.3 Å². The molecule has 0 fully saturated rings. The molecule has 0 atom stereocenters. The summed E-state index contributed by atoms with van der Waals surface area (Å²) >= 11 is 0. The number of rotatable bonds is 6. The van der Waals surface area contributed by atoms with Gasteiger partial charge in [0, 0.05) is 10.9 Å². The van der Waals surface area contributed by atoms with Gasteiger partial charge < -0.3 is 5.11 Å². The van der Waals surface area contributed by atoms with Crippen molar-refractivity contribution >= 4 is 32.4 Å². The van der Waals surface area contributed by atoms with E-state index in [1.54, 1.807) is 37.3 Å². The lowest BCUT2D eigenvalue weighted by molar-refractivity contribution is -0.119. The minimum Gasteiger partial charge on any atom is -0.507 e. The molecule has 0 bridgehead atoms. The highest BCUT2D eigenvalue weighted by molar-refractivity contribution is 7.89. The summed E-state index contributed by atoms with van der Waals surface area (Å²) in [5.41, 5.74) is 3.16. The molecule has 8 heteroatoms. The van der Waals surface area contributed by atoms with Crippen LogP contribution in [0.1, 0.15) is 12.5 Å². The summed E-state index contributed by atoms with van der Waals surface area (Å²) < 4.78 is 26.4. The zero-order valence-electron chi connectivity index (χ0n) is 15.1. The standard InChI is InChI=1S/C20H19N3O4S/c1-14(17-12-11-15-7-5-6-10-18(15)20(17)25)22-23-19(24)13-21-28(26,27)16-8-3-2-4-9-16/h2-12,21,25H,13H2,1H3,(H,23,24)/b22-14+. The zero-order chi connectivity index (χ0) is 20.1. The van der Waals surface area contributed by atoms with Gasteiger partial charge in [0.15, 0.2) is 0 Å². The Hall–Kier alpha value is -3.23. The van der Waals surface area contributed by atoms with Gasteiger partial charge in [-0.15, -0.1) is 0 Å². The van der Waals surface area contributed by atoms with E-state index in [2.05, 4.69) is 15.2 Å². The fraction of sp³-hybridized carbons (Fsp3) is 0.100. The van der Waals surface area contributed by atoms with Gasteiger partial charge in [0.1, 0.15) is 5.75 Å². The van der Waals surface area contributed by atoms with Crippen molar-refractivity contribution < 1.29 is 18.3 Å². The Kier molecular flexibility index (Phi) is 5.72. The van der Waals surface area contributed by atoms with Crippen molar-refractivity contribution in [3.8, 4) is 5.75 Å². The van der Waals surface area contributed by atoms with Crippen LogP contribution in [-0.4, -0.2) is 31.7 Å². The van der Waals surface area contributed by atoms with Crippen molar-refractivity contribution in [1.29, 1.82) is 0 Å². The van der Waals surface area contributed by atoms with Gasteiger partial charge in [0.05, 0.1) is 17.2 Å². The van der Waals surface area contributed by atoms with Crippen LogP contribution in [0.2, 0.25) is 0 Å². The number of fused-ring (bicyclic) bond motifs is 1. The SMILES string of the molecule is C/C(=N\NC(=O)CNS(=O)(=O)c1ccccc1)c1ccc2ccccc2c1O. The number of aromatic hydroxyl groups is 1. The maximum Gasteiger partial charge on any atom is 0.255 e. The second kappa shape index (κ2) is 8.20. The van der Waals surface area contributed by atoms with E-state index in [9.17, 15) is 18.3 Å².